The van der Waals surface area contributed by atoms with E-state index < -0.39 is 7.80 Å². The largest absolute Gasteiger partial charge is 0.379 e. The number of rotatable bonds is 3. The summed E-state index contributed by atoms with van der Waals surface area (Å²) < 4.78 is 24.4. The molecule has 0 aliphatic carbocycles. The van der Waals surface area contributed by atoms with Crippen molar-refractivity contribution in [3.8, 4) is 0 Å². The summed E-state index contributed by atoms with van der Waals surface area (Å²) in [4.78, 5) is 0. The molecule has 0 heterocycles. The Kier molecular flexibility index (Phi) is 3.36. The average Bonchev–Trinajstić information content (AvgIpc) is 2.05. The molecule has 0 saturated carbocycles. The molecule has 1 unspecified atom stereocenters. The molecule has 1 aromatic carbocycles. The van der Waals surface area contributed by atoms with Crippen molar-refractivity contribution < 1.29 is 8.96 Å². The first-order valence-corrected chi connectivity index (χ1v) is 5.39. The molecule has 3 heteroatoms. The maximum atomic E-state index is 13.0. The summed E-state index contributed by atoms with van der Waals surface area (Å²) in [6.07, 6.45) is 1.39. The predicted molar refractivity (Wildman–Crippen MR) is 48.8 cm³/mol. The first kappa shape index (κ1) is 9.34. The fraction of sp³-hybridized carbons (Fsp3) is 0.333. The van der Waals surface area contributed by atoms with Gasteiger partial charge in [0.05, 0.1) is 0 Å². The molecule has 0 fully saturated rings. The van der Waals surface area contributed by atoms with Crippen LogP contribution in [0.15, 0.2) is 24.3 Å². The van der Waals surface area contributed by atoms with Gasteiger partial charge in [0.1, 0.15) is 0 Å². The second-order valence-corrected chi connectivity index (χ2v) is 4.24. The van der Waals surface area contributed by atoms with Crippen LogP contribution in [0.5, 0.6) is 0 Å². The Hall–Kier alpha value is -0.750. The Morgan fingerprint density at radius 3 is 2.67 bits per heavy atom. The Morgan fingerprint density at radius 1 is 1.42 bits per heavy atom. The van der Waals surface area contributed by atoms with E-state index in [9.17, 15) is 8.96 Å². The van der Waals surface area contributed by atoms with Gasteiger partial charge in [-0.15, -0.1) is 0 Å². The van der Waals surface area contributed by atoms with Crippen molar-refractivity contribution in [1.82, 2.24) is 0 Å². The molecule has 1 nitrogen and oxygen atoms in total. The molecule has 0 bridgehead atoms. The fourth-order valence-corrected chi connectivity index (χ4v) is 2.19. The SMILES string of the molecule is CCC[P+](=O)c1ccccc1F. The van der Waals surface area contributed by atoms with Crippen LogP contribution in [0.1, 0.15) is 13.3 Å². The lowest BCUT2D eigenvalue weighted by atomic mass is 10.3. The van der Waals surface area contributed by atoms with Crippen molar-refractivity contribution in [2.45, 2.75) is 13.3 Å². The van der Waals surface area contributed by atoms with Gasteiger partial charge in [-0.2, -0.15) is 0 Å². The van der Waals surface area contributed by atoms with Gasteiger partial charge in [0, 0.05) is 0 Å². The van der Waals surface area contributed by atoms with Gasteiger partial charge in [0.25, 0.3) is 0 Å². The second kappa shape index (κ2) is 4.32. The number of halogens is 1. The summed E-state index contributed by atoms with van der Waals surface area (Å²) in [6.45, 7) is 1.94. The molecule has 0 amide bonds. The van der Waals surface area contributed by atoms with Crippen LogP contribution in [0.3, 0.4) is 0 Å². The molecule has 1 aromatic rings. The van der Waals surface area contributed by atoms with Crippen molar-refractivity contribution in [2.24, 2.45) is 0 Å². The molecule has 0 saturated heterocycles. The van der Waals surface area contributed by atoms with Crippen LogP contribution >= 0.6 is 7.80 Å². The minimum absolute atomic E-state index is 0.355. The summed E-state index contributed by atoms with van der Waals surface area (Å²) in [5.41, 5.74) is 0. The van der Waals surface area contributed by atoms with Gasteiger partial charge < -0.3 is 0 Å². The van der Waals surface area contributed by atoms with Crippen molar-refractivity contribution in [2.75, 3.05) is 6.16 Å². The standard InChI is InChI=1S/C9H11FOP/c1-2-7-12(11)9-6-4-3-5-8(9)10/h3-6H,2,7H2,1H3/q+1. The molecule has 0 aromatic heterocycles. The first-order valence-electron chi connectivity index (χ1n) is 3.95. The van der Waals surface area contributed by atoms with E-state index in [2.05, 4.69) is 0 Å². The van der Waals surface area contributed by atoms with E-state index in [1.54, 1.807) is 18.2 Å². The van der Waals surface area contributed by atoms with Gasteiger partial charge in [0.15, 0.2) is 12.0 Å². The summed E-state index contributed by atoms with van der Waals surface area (Å²) in [7, 11) is -1.52. The van der Waals surface area contributed by atoms with E-state index in [0.29, 0.717) is 11.5 Å². The zero-order chi connectivity index (χ0) is 8.97. The molecule has 1 rings (SSSR count). The van der Waals surface area contributed by atoms with Gasteiger partial charge in [-0.25, -0.2) is 4.39 Å². The Bertz CT molecular complexity index is 286. The summed E-state index contributed by atoms with van der Waals surface area (Å²) >= 11 is 0. The van der Waals surface area contributed by atoms with Crippen molar-refractivity contribution in [1.29, 1.82) is 0 Å². The van der Waals surface area contributed by atoms with Crippen LogP contribution in [0.4, 0.5) is 4.39 Å². The van der Waals surface area contributed by atoms with E-state index in [4.69, 9.17) is 0 Å². The molecule has 64 valence electrons. The first-order chi connectivity index (χ1) is 5.75. The van der Waals surface area contributed by atoms with E-state index in [1.807, 2.05) is 6.92 Å². The lowest BCUT2D eigenvalue weighted by Gasteiger charge is -1.88. The zero-order valence-corrected chi connectivity index (χ0v) is 7.85. The lowest BCUT2D eigenvalue weighted by molar-refractivity contribution is 0.589. The molecule has 0 spiro atoms. The monoisotopic (exact) mass is 185 g/mol. The molecule has 12 heavy (non-hydrogen) atoms. The van der Waals surface area contributed by atoms with Crippen LogP contribution in [-0.2, 0) is 4.57 Å². The van der Waals surface area contributed by atoms with Crippen LogP contribution in [0, 0.1) is 5.82 Å². The second-order valence-electron chi connectivity index (χ2n) is 2.55. The van der Waals surface area contributed by atoms with Crippen molar-refractivity contribution in [3.63, 3.8) is 0 Å². The highest BCUT2D eigenvalue weighted by molar-refractivity contribution is 7.53. The number of benzene rings is 1. The number of hydrogen-bond donors (Lipinski definition) is 0. The highest BCUT2D eigenvalue weighted by atomic mass is 31.1. The van der Waals surface area contributed by atoms with Crippen LogP contribution in [0.2, 0.25) is 0 Å². The molecule has 0 N–H and O–H groups in total. The molecular weight excluding hydrogens is 174 g/mol. The maximum absolute atomic E-state index is 13.0. The van der Waals surface area contributed by atoms with E-state index in [0.717, 1.165) is 6.42 Å². The quantitative estimate of drug-likeness (QED) is 0.661. The normalized spacial score (nSPS) is 11.3. The van der Waals surface area contributed by atoms with Crippen molar-refractivity contribution >= 4 is 13.1 Å². The van der Waals surface area contributed by atoms with Gasteiger partial charge in [-0.3, -0.25) is 0 Å². The smallest absolute Gasteiger partial charge is 0.202 e. The Balaban J connectivity index is 2.87. The Labute approximate surface area is 72.4 Å². The molecular formula is C9H11FOP+. The molecule has 0 aliphatic heterocycles. The minimum atomic E-state index is -1.52. The summed E-state index contributed by atoms with van der Waals surface area (Å²) in [5.74, 6) is -0.355. The minimum Gasteiger partial charge on any atom is -0.202 e. The van der Waals surface area contributed by atoms with Crippen LogP contribution in [0.25, 0.3) is 0 Å². The highest BCUT2D eigenvalue weighted by Gasteiger charge is 2.21. The lowest BCUT2D eigenvalue weighted by Crippen LogP contribution is -2.03. The zero-order valence-electron chi connectivity index (χ0n) is 6.96. The van der Waals surface area contributed by atoms with Gasteiger partial charge in [-0.1, -0.05) is 23.6 Å². The summed E-state index contributed by atoms with van der Waals surface area (Å²) in [6, 6.07) is 6.25. The van der Waals surface area contributed by atoms with Gasteiger partial charge in [0.2, 0.25) is 5.30 Å². The maximum Gasteiger partial charge on any atom is 0.379 e. The third-order valence-electron chi connectivity index (χ3n) is 1.55. The third-order valence-corrected chi connectivity index (χ3v) is 3.30. The van der Waals surface area contributed by atoms with Gasteiger partial charge in [-0.05, 0) is 18.6 Å². The summed E-state index contributed by atoms with van der Waals surface area (Å²) in [5, 5.41) is 0.356. The molecule has 1 atom stereocenters. The topological polar surface area (TPSA) is 17.1 Å². The van der Waals surface area contributed by atoms with Crippen LogP contribution in [-0.4, -0.2) is 6.16 Å². The third kappa shape index (κ3) is 2.12. The van der Waals surface area contributed by atoms with Crippen molar-refractivity contribution in [3.05, 3.63) is 30.1 Å². The molecule has 0 aliphatic rings. The average molecular weight is 185 g/mol. The highest BCUT2D eigenvalue weighted by Crippen LogP contribution is 2.21. The van der Waals surface area contributed by atoms with E-state index in [-0.39, 0.29) is 5.82 Å². The fourth-order valence-electron chi connectivity index (χ4n) is 0.978. The van der Waals surface area contributed by atoms with E-state index in [1.165, 1.54) is 6.07 Å². The van der Waals surface area contributed by atoms with Gasteiger partial charge >= 0.3 is 7.80 Å². The predicted octanol–water partition coefficient (Wildman–Crippen LogP) is 2.69. The Morgan fingerprint density at radius 2 is 2.08 bits per heavy atom. The van der Waals surface area contributed by atoms with Crippen LogP contribution < -0.4 is 5.30 Å². The van der Waals surface area contributed by atoms with E-state index >= 15 is 0 Å². The number of hydrogen-bond acceptors (Lipinski definition) is 1. The molecule has 0 radical (unpaired) electrons.